The van der Waals surface area contributed by atoms with Crippen molar-refractivity contribution in [3.05, 3.63) is 28.2 Å². The molecule has 0 radical (unpaired) electrons. The van der Waals surface area contributed by atoms with E-state index < -0.39 is 0 Å². The molecule has 1 aromatic carbocycles. The molecule has 0 fully saturated rings. The number of hydrogen-bond acceptors (Lipinski definition) is 2. The Bertz CT molecular complexity index is 328. The van der Waals surface area contributed by atoms with E-state index in [0.29, 0.717) is 6.61 Å². The van der Waals surface area contributed by atoms with Gasteiger partial charge in [0.15, 0.2) is 0 Å². The van der Waals surface area contributed by atoms with E-state index in [-0.39, 0.29) is 6.04 Å². The van der Waals surface area contributed by atoms with Crippen LogP contribution < -0.4 is 10.5 Å². The van der Waals surface area contributed by atoms with E-state index in [4.69, 9.17) is 10.5 Å². The number of unbranched alkanes of at least 4 members (excludes halogenated alkanes) is 1. The lowest BCUT2D eigenvalue weighted by molar-refractivity contribution is 0.333. The SMILES string of the molecule is CCCC[C@@H](N)c1cc(Br)ccc1OCC. The molecule has 0 aromatic heterocycles. The summed E-state index contributed by atoms with van der Waals surface area (Å²) in [5.74, 6) is 0.911. The second-order valence-electron chi connectivity index (χ2n) is 3.86. The summed E-state index contributed by atoms with van der Waals surface area (Å²) < 4.78 is 6.65. The van der Waals surface area contributed by atoms with E-state index in [1.54, 1.807) is 0 Å². The molecule has 0 heterocycles. The highest BCUT2D eigenvalue weighted by atomic mass is 79.9. The molecule has 0 saturated heterocycles. The van der Waals surface area contributed by atoms with Crippen LogP contribution in [0.3, 0.4) is 0 Å². The van der Waals surface area contributed by atoms with Crippen LogP contribution in [0.1, 0.15) is 44.7 Å². The number of benzene rings is 1. The number of halogens is 1. The largest absolute Gasteiger partial charge is 0.494 e. The molecule has 3 heteroatoms. The van der Waals surface area contributed by atoms with Gasteiger partial charge < -0.3 is 10.5 Å². The Morgan fingerprint density at radius 3 is 2.75 bits per heavy atom. The van der Waals surface area contributed by atoms with Gasteiger partial charge in [-0.3, -0.25) is 0 Å². The van der Waals surface area contributed by atoms with Crippen LogP contribution in [0.2, 0.25) is 0 Å². The van der Waals surface area contributed by atoms with Gasteiger partial charge >= 0.3 is 0 Å². The van der Waals surface area contributed by atoms with Gasteiger partial charge in [0.2, 0.25) is 0 Å². The van der Waals surface area contributed by atoms with Crippen molar-refractivity contribution < 1.29 is 4.74 Å². The standard InChI is InChI=1S/C13H20BrNO/c1-3-5-6-12(15)11-9-10(14)7-8-13(11)16-4-2/h7-9,12H,3-6,15H2,1-2H3/t12-/m1/s1. The fourth-order valence-corrected chi connectivity index (χ4v) is 2.05. The summed E-state index contributed by atoms with van der Waals surface area (Å²) >= 11 is 3.47. The van der Waals surface area contributed by atoms with Crippen molar-refractivity contribution in [3.8, 4) is 5.75 Å². The van der Waals surface area contributed by atoms with E-state index in [1.807, 2.05) is 19.1 Å². The summed E-state index contributed by atoms with van der Waals surface area (Å²) in [7, 11) is 0. The van der Waals surface area contributed by atoms with Crippen LogP contribution in [-0.2, 0) is 0 Å². The number of hydrogen-bond donors (Lipinski definition) is 1. The molecule has 1 rings (SSSR count). The molecule has 90 valence electrons. The quantitative estimate of drug-likeness (QED) is 0.856. The first kappa shape index (κ1) is 13.5. The van der Waals surface area contributed by atoms with Crippen LogP contribution in [0.25, 0.3) is 0 Å². The fourth-order valence-electron chi connectivity index (χ4n) is 1.68. The van der Waals surface area contributed by atoms with Gasteiger partial charge in [-0.2, -0.15) is 0 Å². The van der Waals surface area contributed by atoms with Crippen LogP contribution in [-0.4, -0.2) is 6.61 Å². The van der Waals surface area contributed by atoms with Crippen molar-refractivity contribution in [1.29, 1.82) is 0 Å². The molecule has 0 bridgehead atoms. The molecule has 2 nitrogen and oxygen atoms in total. The maximum Gasteiger partial charge on any atom is 0.124 e. The Morgan fingerprint density at radius 1 is 1.38 bits per heavy atom. The highest BCUT2D eigenvalue weighted by Crippen LogP contribution is 2.29. The van der Waals surface area contributed by atoms with Gasteiger partial charge in [0.05, 0.1) is 6.61 Å². The molecule has 0 amide bonds. The third-order valence-electron chi connectivity index (χ3n) is 2.54. The molecular formula is C13H20BrNO. The van der Waals surface area contributed by atoms with E-state index in [0.717, 1.165) is 28.6 Å². The molecule has 0 aliphatic heterocycles. The third-order valence-corrected chi connectivity index (χ3v) is 3.03. The number of rotatable bonds is 6. The molecular weight excluding hydrogens is 266 g/mol. The van der Waals surface area contributed by atoms with Crippen molar-refractivity contribution in [1.82, 2.24) is 0 Å². The van der Waals surface area contributed by atoms with Gasteiger partial charge in [-0.25, -0.2) is 0 Å². The first-order valence-electron chi connectivity index (χ1n) is 5.86. The average molecular weight is 286 g/mol. The maximum absolute atomic E-state index is 6.18. The van der Waals surface area contributed by atoms with E-state index >= 15 is 0 Å². The van der Waals surface area contributed by atoms with Gasteiger partial charge in [0.1, 0.15) is 5.75 Å². The summed E-state index contributed by atoms with van der Waals surface area (Å²) in [4.78, 5) is 0. The summed E-state index contributed by atoms with van der Waals surface area (Å²) in [5.41, 5.74) is 7.28. The minimum Gasteiger partial charge on any atom is -0.494 e. The zero-order valence-electron chi connectivity index (χ0n) is 10.0. The summed E-state index contributed by atoms with van der Waals surface area (Å²) in [6.45, 7) is 4.84. The van der Waals surface area contributed by atoms with Crippen LogP contribution in [0.4, 0.5) is 0 Å². The van der Waals surface area contributed by atoms with Crippen molar-refractivity contribution in [2.75, 3.05) is 6.61 Å². The lowest BCUT2D eigenvalue weighted by Crippen LogP contribution is -2.12. The smallest absolute Gasteiger partial charge is 0.124 e. The van der Waals surface area contributed by atoms with Crippen LogP contribution in [0.15, 0.2) is 22.7 Å². The van der Waals surface area contributed by atoms with E-state index in [9.17, 15) is 0 Å². The van der Waals surface area contributed by atoms with Gasteiger partial charge in [0, 0.05) is 16.1 Å². The molecule has 1 aromatic rings. The summed E-state index contributed by atoms with van der Waals surface area (Å²) in [5, 5.41) is 0. The first-order chi connectivity index (χ1) is 7.69. The van der Waals surface area contributed by atoms with E-state index in [1.165, 1.54) is 6.42 Å². The molecule has 0 unspecified atom stereocenters. The third kappa shape index (κ3) is 3.80. The molecule has 0 aliphatic carbocycles. The monoisotopic (exact) mass is 285 g/mol. The number of nitrogens with two attached hydrogens (primary N) is 1. The normalized spacial score (nSPS) is 12.5. The van der Waals surface area contributed by atoms with Gasteiger partial charge in [-0.05, 0) is 31.5 Å². The predicted molar refractivity (Wildman–Crippen MR) is 71.8 cm³/mol. The number of ether oxygens (including phenoxy) is 1. The van der Waals surface area contributed by atoms with E-state index in [2.05, 4.69) is 28.9 Å². The zero-order valence-corrected chi connectivity index (χ0v) is 11.6. The highest BCUT2D eigenvalue weighted by Gasteiger charge is 2.12. The predicted octanol–water partition coefficient (Wildman–Crippen LogP) is 4.04. The van der Waals surface area contributed by atoms with Crippen LogP contribution in [0, 0.1) is 0 Å². The Labute approximate surface area is 106 Å². The molecule has 0 aliphatic rings. The molecule has 0 spiro atoms. The topological polar surface area (TPSA) is 35.2 Å². The Morgan fingerprint density at radius 2 is 2.12 bits per heavy atom. The Balaban J connectivity index is 2.85. The highest BCUT2D eigenvalue weighted by molar-refractivity contribution is 9.10. The lowest BCUT2D eigenvalue weighted by Gasteiger charge is -2.16. The Kier molecular flexibility index (Phi) is 5.85. The molecule has 0 saturated carbocycles. The first-order valence-corrected chi connectivity index (χ1v) is 6.66. The Hall–Kier alpha value is -0.540. The van der Waals surface area contributed by atoms with Crippen molar-refractivity contribution in [2.24, 2.45) is 5.73 Å². The molecule has 16 heavy (non-hydrogen) atoms. The molecule has 1 atom stereocenters. The van der Waals surface area contributed by atoms with Gasteiger partial charge in [-0.1, -0.05) is 35.7 Å². The zero-order chi connectivity index (χ0) is 12.0. The fraction of sp³-hybridized carbons (Fsp3) is 0.538. The van der Waals surface area contributed by atoms with Gasteiger partial charge in [0.25, 0.3) is 0 Å². The van der Waals surface area contributed by atoms with Crippen LogP contribution >= 0.6 is 15.9 Å². The summed E-state index contributed by atoms with van der Waals surface area (Å²) in [6.07, 6.45) is 3.33. The lowest BCUT2D eigenvalue weighted by atomic mass is 10.0. The van der Waals surface area contributed by atoms with Gasteiger partial charge in [-0.15, -0.1) is 0 Å². The second-order valence-corrected chi connectivity index (χ2v) is 4.78. The second kappa shape index (κ2) is 6.92. The van der Waals surface area contributed by atoms with Crippen molar-refractivity contribution in [3.63, 3.8) is 0 Å². The maximum atomic E-state index is 6.18. The van der Waals surface area contributed by atoms with Crippen molar-refractivity contribution in [2.45, 2.75) is 39.2 Å². The van der Waals surface area contributed by atoms with Crippen LogP contribution in [0.5, 0.6) is 5.75 Å². The van der Waals surface area contributed by atoms with Crippen molar-refractivity contribution >= 4 is 15.9 Å². The molecule has 2 N–H and O–H groups in total. The average Bonchev–Trinajstić information content (AvgIpc) is 2.28. The minimum atomic E-state index is 0.0685. The summed E-state index contributed by atoms with van der Waals surface area (Å²) in [6, 6.07) is 6.10. The minimum absolute atomic E-state index is 0.0685.